The van der Waals surface area contributed by atoms with Crippen molar-refractivity contribution in [1.29, 1.82) is 0 Å². The van der Waals surface area contributed by atoms with Crippen molar-refractivity contribution in [2.45, 2.75) is 0 Å². The number of ketones is 1. The largest absolute Gasteiger partial charge is 0.481 e. The minimum atomic E-state index is -1.19. The first-order valence-electron chi connectivity index (χ1n) is 9.80. The maximum Gasteiger partial charge on any atom is 0.335 e. The van der Waals surface area contributed by atoms with Gasteiger partial charge in [0, 0.05) is 23.4 Å². The molecule has 2 amide bonds. The number of ether oxygens (including phenoxy) is 1. The van der Waals surface area contributed by atoms with Crippen molar-refractivity contribution in [2.75, 3.05) is 12.4 Å². The van der Waals surface area contributed by atoms with E-state index in [0.717, 1.165) is 6.07 Å². The number of pyridine rings is 1. The lowest BCUT2D eigenvalue weighted by Gasteiger charge is -2.18. The second kappa shape index (κ2) is 10.6. The van der Waals surface area contributed by atoms with E-state index < -0.39 is 29.4 Å². The fourth-order valence-corrected chi connectivity index (χ4v) is 3.10. The molecule has 35 heavy (non-hydrogen) atoms. The van der Waals surface area contributed by atoms with Crippen LogP contribution < -0.4 is 15.8 Å². The summed E-state index contributed by atoms with van der Waals surface area (Å²) >= 11 is 5.60. The Hall–Kier alpha value is -4.57. The molecule has 0 saturated heterocycles. The quantitative estimate of drug-likeness (QED) is 0.368. The molecule has 1 aliphatic heterocycles. The van der Waals surface area contributed by atoms with E-state index in [9.17, 15) is 23.6 Å². The number of nitrogens with zero attached hydrogens (tertiary/aromatic N) is 1. The molecule has 0 atom stereocenters. The van der Waals surface area contributed by atoms with Crippen molar-refractivity contribution >= 4 is 46.9 Å². The Morgan fingerprint density at radius 3 is 2.49 bits per heavy atom. The second-order valence-corrected chi connectivity index (χ2v) is 7.44. The lowest BCUT2D eigenvalue weighted by molar-refractivity contribution is -0.112. The van der Waals surface area contributed by atoms with Crippen molar-refractivity contribution < 1.29 is 33.4 Å². The van der Waals surface area contributed by atoms with E-state index in [1.165, 1.54) is 61.8 Å². The Bertz CT molecular complexity index is 1390. The molecule has 9 nitrogen and oxygen atoms in total. The van der Waals surface area contributed by atoms with Crippen molar-refractivity contribution in [1.82, 2.24) is 4.98 Å². The number of primary amides is 1. The summed E-state index contributed by atoms with van der Waals surface area (Å²) in [7, 11) is 1.48. The number of methoxy groups -OCH3 is 1. The summed E-state index contributed by atoms with van der Waals surface area (Å²) in [5.41, 5.74) is 5.71. The number of benzene rings is 2. The number of hydrogen-bond acceptors (Lipinski definition) is 6. The van der Waals surface area contributed by atoms with E-state index in [2.05, 4.69) is 10.3 Å². The van der Waals surface area contributed by atoms with Gasteiger partial charge < -0.3 is 20.9 Å². The van der Waals surface area contributed by atoms with Gasteiger partial charge in [0.1, 0.15) is 5.82 Å². The summed E-state index contributed by atoms with van der Waals surface area (Å²) in [6.45, 7) is 0. The van der Waals surface area contributed by atoms with Crippen LogP contribution in [0.15, 0.2) is 60.3 Å². The SMILES string of the molecule is COc1cc(C(N)=O)ccn1.O=C1Nc2ccc(C(=O)O)cc2C(=O)/C1=C/c1ccc(Cl)c(F)c1. The number of aromatic carboxylic acids is 1. The van der Waals surface area contributed by atoms with Gasteiger partial charge in [-0.3, -0.25) is 14.4 Å². The van der Waals surface area contributed by atoms with Crippen molar-refractivity contribution in [3.63, 3.8) is 0 Å². The highest BCUT2D eigenvalue weighted by Gasteiger charge is 2.29. The van der Waals surface area contributed by atoms with Gasteiger partial charge in [-0.2, -0.15) is 0 Å². The molecule has 0 saturated carbocycles. The summed E-state index contributed by atoms with van der Waals surface area (Å²) < 4.78 is 18.3. The molecule has 2 aromatic carbocycles. The summed E-state index contributed by atoms with van der Waals surface area (Å²) in [5.74, 6) is -3.24. The molecule has 4 rings (SSSR count). The number of carboxylic acids is 1. The Labute approximate surface area is 203 Å². The van der Waals surface area contributed by atoms with Crippen LogP contribution in [-0.4, -0.2) is 40.8 Å². The van der Waals surface area contributed by atoms with Crippen molar-refractivity contribution in [2.24, 2.45) is 5.73 Å². The van der Waals surface area contributed by atoms with Gasteiger partial charge in [0.05, 0.1) is 29.0 Å². The zero-order chi connectivity index (χ0) is 25.7. The highest BCUT2D eigenvalue weighted by molar-refractivity contribution is 6.36. The monoisotopic (exact) mass is 497 g/mol. The van der Waals surface area contributed by atoms with Crippen LogP contribution in [0.4, 0.5) is 10.1 Å². The van der Waals surface area contributed by atoms with Crippen molar-refractivity contribution in [3.05, 3.63) is 93.4 Å². The number of nitrogens with two attached hydrogens (primary N) is 1. The highest BCUT2D eigenvalue weighted by Crippen LogP contribution is 2.28. The number of anilines is 1. The average Bonchev–Trinajstić information content (AvgIpc) is 2.84. The molecule has 0 fully saturated rings. The second-order valence-electron chi connectivity index (χ2n) is 7.03. The Balaban J connectivity index is 0.000000261. The number of hydrogen-bond donors (Lipinski definition) is 3. The maximum absolute atomic E-state index is 13.5. The fourth-order valence-electron chi connectivity index (χ4n) is 2.99. The Kier molecular flexibility index (Phi) is 7.57. The standard InChI is InChI=1S/C17H9ClFNO4.C7H8N2O2/c18-12-3-1-8(6-13(12)19)5-11-15(21)10-7-9(17(23)24)2-4-14(10)20-16(11)22;1-11-6-4-5(7(8)10)2-3-9-6/h1-7H,(H,20,22)(H,23,24);2-4H,1H3,(H2,8,10)/b11-5-;. The number of nitrogens with one attached hydrogen (secondary N) is 1. The predicted octanol–water partition coefficient (Wildman–Crippen LogP) is 3.58. The number of carboxylic acid groups (broad SMARTS) is 1. The zero-order valence-electron chi connectivity index (χ0n) is 18.0. The number of amides is 2. The molecule has 3 aromatic rings. The third-order valence-corrected chi connectivity index (χ3v) is 5.04. The van der Waals surface area contributed by atoms with Crippen LogP contribution in [0.5, 0.6) is 5.88 Å². The molecule has 0 radical (unpaired) electrons. The number of aromatic nitrogens is 1. The summed E-state index contributed by atoms with van der Waals surface area (Å²) in [6.07, 6.45) is 2.70. The van der Waals surface area contributed by atoms with Crippen LogP contribution in [0.3, 0.4) is 0 Å². The number of halogens is 2. The highest BCUT2D eigenvalue weighted by atomic mass is 35.5. The third kappa shape index (κ3) is 5.87. The van der Waals surface area contributed by atoms with E-state index in [1.807, 2.05) is 0 Å². The molecule has 178 valence electrons. The van der Waals surface area contributed by atoms with Crippen LogP contribution >= 0.6 is 11.6 Å². The number of carbonyl (C=O) groups is 4. The molecule has 2 heterocycles. The normalized spacial score (nSPS) is 13.3. The van der Waals surface area contributed by atoms with Gasteiger partial charge in [0.2, 0.25) is 17.6 Å². The summed E-state index contributed by atoms with van der Waals surface area (Å²) in [6, 6.07) is 10.7. The topological polar surface area (TPSA) is 149 Å². The molecular weight excluding hydrogens is 481 g/mol. The first kappa shape index (κ1) is 25.1. The van der Waals surface area contributed by atoms with E-state index in [0.29, 0.717) is 11.4 Å². The number of Topliss-reactive ketones (excluding diaryl/α,β-unsaturated/α-hetero) is 1. The van der Waals surface area contributed by atoms with Crippen LogP contribution in [0.1, 0.15) is 36.6 Å². The van der Waals surface area contributed by atoms with E-state index >= 15 is 0 Å². The number of fused-ring (bicyclic) bond motifs is 1. The molecule has 1 aliphatic rings. The average molecular weight is 498 g/mol. The fraction of sp³-hybridized carbons (Fsp3) is 0.0417. The molecule has 0 spiro atoms. The Morgan fingerprint density at radius 1 is 1.11 bits per heavy atom. The minimum Gasteiger partial charge on any atom is -0.481 e. The zero-order valence-corrected chi connectivity index (χ0v) is 18.8. The van der Waals surface area contributed by atoms with Gasteiger partial charge in [-0.05, 0) is 48.0 Å². The third-order valence-electron chi connectivity index (χ3n) is 4.73. The summed E-state index contributed by atoms with van der Waals surface area (Å²) in [4.78, 5) is 50.1. The van der Waals surface area contributed by atoms with E-state index in [1.54, 1.807) is 0 Å². The van der Waals surface area contributed by atoms with Gasteiger partial charge in [0.25, 0.3) is 5.91 Å². The van der Waals surface area contributed by atoms with Crippen LogP contribution in [0.25, 0.3) is 6.08 Å². The van der Waals surface area contributed by atoms with Gasteiger partial charge in [-0.15, -0.1) is 0 Å². The number of carbonyl (C=O) groups excluding carboxylic acids is 3. The lowest BCUT2D eigenvalue weighted by Crippen LogP contribution is -2.27. The van der Waals surface area contributed by atoms with E-state index in [-0.39, 0.29) is 33.0 Å². The number of rotatable bonds is 4. The smallest absolute Gasteiger partial charge is 0.335 e. The first-order chi connectivity index (χ1) is 16.6. The van der Waals surface area contributed by atoms with Crippen molar-refractivity contribution in [3.8, 4) is 5.88 Å². The molecular formula is C24H17ClFN3O6. The Morgan fingerprint density at radius 2 is 1.86 bits per heavy atom. The van der Waals surface area contributed by atoms with Gasteiger partial charge in [-0.25, -0.2) is 14.2 Å². The predicted molar refractivity (Wildman–Crippen MR) is 125 cm³/mol. The molecule has 0 unspecified atom stereocenters. The first-order valence-corrected chi connectivity index (χ1v) is 10.2. The molecule has 11 heteroatoms. The van der Waals surface area contributed by atoms with Crippen LogP contribution in [-0.2, 0) is 4.79 Å². The molecule has 1 aromatic heterocycles. The van der Waals surface area contributed by atoms with Crippen LogP contribution in [0.2, 0.25) is 5.02 Å². The van der Waals surface area contributed by atoms with Crippen LogP contribution in [0, 0.1) is 5.82 Å². The van der Waals surface area contributed by atoms with Gasteiger partial charge in [-0.1, -0.05) is 17.7 Å². The molecule has 4 N–H and O–H groups in total. The molecule has 0 bridgehead atoms. The van der Waals surface area contributed by atoms with E-state index in [4.69, 9.17) is 27.2 Å². The van der Waals surface area contributed by atoms with Gasteiger partial charge >= 0.3 is 5.97 Å². The minimum absolute atomic E-state index is 0.0650. The lowest BCUT2D eigenvalue weighted by atomic mass is 9.93. The molecule has 0 aliphatic carbocycles. The maximum atomic E-state index is 13.5. The summed E-state index contributed by atoms with van der Waals surface area (Å²) in [5, 5.41) is 11.5. The van der Waals surface area contributed by atoms with Gasteiger partial charge in [0.15, 0.2) is 0 Å².